The van der Waals surface area contributed by atoms with Gasteiger partial charge in [-0.15, -0.1) is 11.3 Å². The summed E-state index contributed by atoms with van der Waals surface area (Å²) in [7, 11) is 0. The van der Waals surface area contributed by atoms with Crippen LogP contribution in [0.2, 0.25) is 0 Å². The fourth-order valence-corrected chi connectivity index (χ4v) is 5.41. The monoisotopic (exact) mass is 501 g/mol. The highest BCUT2D eigenvalue weighted by atomic mass is 32.1. The minimum Gasteiger partial charge on any atom is -0.479 e. The molecular formula is C26H35N3O5S. The van der Waals surface area contributed by atoms with Crippen LogP contribution in [0, 0.1) is 0 Å². The van der Waals surface area contributed by atoms with E-state index in [9.17, 15) is 19.5 Å². The average molecular weight is 502 g/mol. The highest BCUT2D eigenvalue weighted by molar-refractivity contribution is 7.10. The van der Waals surface area contributed by atoms with Crippen LogP contribution in [-0.2, 0) is 32.0 Å². The summed E-state index contributed by atoms with van der Waals surface area (Å²) in [6.45, 7) is 2.81. The molecule has 9 heteroatoms. The van der Waals surface area contributed by atoms with Crippen molar-refractivity contribution in [3.05, 3.63) is 57.8 Å². The van der Waals surface area contributed by atoms with E-state index in [2.05, 4.69) is 5.32 Å². The number of hydrogen-bond acceptors (Lipinski definition) is 7. The van der Waals surface area contributed by atoms with Gasteiger partial charge in [-0.05, 0) is 68.1 Å². The third-order valence-electron chi connectivity index (χ3n) is 6.27. The van der Waals surface area contributed by atoms with Crippen molar-refractivity contribution < 1.29 is 24.2 Å². The minimum atomic E-state index is -1.05. The molecule has 190 valence electrons. The maximum absolute atomic E-state index is 13.7. The van der Waals surface area contributed by atoms with Crippen molar-refractivity contribution in [1.82, 2.24) is 10.2 Å². The lowest BCUT2D eigenvalue weighted by atomic mass is 9.97. The summed E-state index contributed by atoms with van der Waals surface area (Å²) >= 11 is 1.52. The van der Waals surface area contributed by atoms with Crippen LogP contribution in [0.3, 0.4) is 0 Å². The zero-order valence-electron chi connectivity index (χ0n) is 20.2. The smallest absolute Gasteiger partial charge is 0.331 e. The van der Waals surface area contributed by atoms with E-state index < -0.39 is 30.1 Å². The predicted octanol–water partition coefficient (Wildman–Crippen LogP) is 2.91. The summed E-state index contributed by atoms with van der Waals surface area (Å²) in [4.78, 5) is 41.2. The second kappa shape index (κ2) is 13.4. The van der Waals surface area contributed by atoms with Gasteiger partial charge in [-0.25, -0.2) is 4.79 Å². The van der Waals surface area contributed by atoms with E-state index in [-0.39, 0.29) is 12.5 Å². The molecule has 3 rings (SSSR count). The Morgan fingerprint density at radius 1 is 1.17 bits per heavy atom. The first-order valence-electron chi connectivity index (χ1n) is 12.2. The number of nitrogens with zero attached hydrogens (tertiary/aromatic N) is 1. The zero-order valence-corrected chi connectivity index (χ0v) is 21.0. The predicted molar refractivity (Wildman–Crippen MR) is 135 cm³/mol. The third kappa shape index (κ3) is 7.13. The first kappa shape index (κ1) is 26.8. The second-order valence-electron chi connectivity index (χ2n) is 8.65. The average Bonchev–Trinajstić information content (AvgIpc) is 3.34. The molecule has 1 aromatic carbocycles. The molecule has 4 N–H and O–H groups in total. The SMILES string of the molecule is CCOC(=O)[C@H](CCc1ccccc1)N[C@@H](CCCCN)C(=O)N1CCc2sccc2[C@H]1C(=O)O. The van der Waals surface area contributed by atoms with Gasteiger partial charge in [0.05, 0.1) is 12.6 Å². The van der Waals surface area contributed by atoms with Crippen molar-refractivity contribution in [2.75, 3.05) is 19.7 Å². The fourth-order valence-electron chi connectivity index (χ4n) is 4.50. The largest absolute Gasteiger partial charge is 0.479 e. The van der Waals surface area contributed by atoms with Gasteiger partial charge >= 0.3 is 11.9 Å². The van der Waals surface area contributed by atoms with Gasteiger partial charge in [0, 0.05) is 11.4 Å². The number of benzene rings is 1. The van der Waals surface area contributed by atoms with Crippen molar-refractivity contribution >= 4 is 29.2 Å². The number of esters is 1. The molecule has 2 heterocycles. The molecule has 0 saturated heterocycles. The molecule has 0 aliphatic carbocycles. The number of amides is 1. The molecule has 0 radical (unpaired) electrons. The van der Waals surface area contributed by atoms with Crippen molar-refractivity contribution in [1.29, 1.82) is 0 Å². The molecule has 0 spiro atoms. The maximum atomic E-state index is 13.7. The Kier molecular flexibility index (Phi) is 10.3. The van der Waals surface area contributed by atoms with Crippen molar-refractivity contribution in [3.8, 4) is 0 Å². The van der Waals surface area contributed by atoms with Gasteiger partial charge in [-0.1, -0.05) is 36.8 Å². The maximum Gasteiger partial charge on any atom is 0.331 e. The Morgan fingerprint density at radius 3 is 2.63 bits per heavy atom. The molecule has 0 unspecified atom stereocenters. The van der Waals surface area contributed by atoms with Gasteiger partial charge in [-0.2, -0.15) is 0 Å². The van der Waals surface area contributed by atoms with E-state index in [1.165, 1.54) is 16.2 Å². The first-order chi connectivity index (χ1) is 17.0. The van der Waals surface area contributed by atoms with E-state index >= 15 is 0 Å². The van der Waals surface area contributed by atoms with Gasteiger partial charge in [-0.3, -0.25) is 14.9 Å². The van der Waals surface area contributed by atoms with Crippen LogP contribution in [0.4, 0.5) is 0 Å². The molecule has 1 aliphatic rings. The number of carbonyl (C=O) groups excluding carboxylic acids is 2. The fraction of sp³-hybridized carbons (Fsp3) is 0.500. The van der Waals surface area contributed by atoms with E-state index in [0.717, 1.165) is 16.9 Å². The number of rotatable bonds is 13. The Bertz CT molecular complexity index is 980. The molecule has 0 saturated carbocycles. The molecule has 1 aliphatic heterocycles. The number of thiophene rings is 1. The zero-order chi connectivity index (χ0) is 25.2. The van der Waals surface area contributed by atoms with E-state index in [4.69, 9.17) is 10.5 Å². The molecular weight excluding hydrogens is 466 g/mol. The second-order valence-corrected chi connectivity index (χ2v) is 9.65. The van der Waals surface area contributed by atoms with Crippen LogP contribution in [0.15, 0.2) is 41.8 Å². The van der Waals surface area contributed by atoms with Crippen LogP contribution < -0.4 is 11.1 Å². The number of hydrogen-bond donors (Lipinski definition) is 3. The first-order valence-corrected chi connectivity index (χ1v) is 13.1. The lowest BCUT2D eigenvalue weighted by Crippen LogP contribution is -2.55. The lowest BCUT2D eigenvalue weighted by Gasteiger charge is -2.36. The van der Waals surface area contributed by atoms with Gasteiger partial charge in [0.1, 0.15) is 6.04 Å². The van der Waals surface area contributed by atoms with E-state index in [1.54, 1.807) is 13.0 Å². The van der Waals surface area contributed by atoms with Crippen molar-refractivity contribution in [2.24, 2.45) is 5.73 Å². The molecule has 0 bridgehead atoms. The Labute approximate surface area is 210 Å². The Balaban J connectivity index is 1.81. The number of aryl methyl sites for hydroxylation is 1. The van der Waals surface area contributed by atoms with Gasteiger partial charge in [0.15, 0.2) is 6.04 Å². The lowest BCUT2D eigenvalue weighted by molar-refractivity contribution is -0.153. The van der Waals surface area contributed by atoms with Gasteiger partial charge < -0.3 is 20.5 Å². The number of aliphatic carboxylic acids is 1. The molecule has 1 aromatic heterocycles. The number of ether oxygens (including phenoxy) is 1. The number of nitrogens with two attached hydrogens (primary N) is 1. The minimum absolute atomic E-state index is 0.238. The summed E-state index contributed by atoms with van der Waals surface area (Å²) < 4.78 is 5.30. The van der Waals surface area contributed by atoms with Crippen molar-refractivity contribution in [2.45, 2.75) is 63.6 Å². The number of nitrogens with one attached hydrogen (secondary N) is 1. The number of unbranched alkanes of at least 4 members (excludes halogenated alkanes) is 1. The highest BCUT2D eigenvalue weighted by Crippen LogP contribution is 2.34. The molecule has 8 nitrogen and oxygen atoms in total. The Morgan fingerprint density at radius 2 is 1.94 bits per heavy atom. The summed E-state index contributed by atoms with van der Waals surface area (Å²) in [6.07, 6.45) is 3.59. The van der Waals surface area contributed by atoms with E-state index in [0.29, 0.717) is 50.8 Å². The third-order valence-corrected chi connectivity index (χ3v) is 7.26. The molecule has 1 amide bonds. The number of carbonyl (C=O) groups is 3. The molecule has 0 fully saturated rings. The van der Waals surface area contributed by atoms with Crippen LogP contribution in [0.5, 0.6) is 0 Å². The summed E-state index contributed by atoms with van der Waals surface area (Å²) in [6, 6.07) is 9.18. The molecule has 2 aromatic rings. The van der Waals surface area contributed by atoms with Crippen LogP contribution in [0.25, 0.3) is 0 Å². The quantitative estimate of drug-likeness (QED) is 0.285. The number of carboxylic acid groups (broad SMARTS) is 1. The van der Waals surface area contributed by atoms with Gasteiger partial charge in [0.25, 0.3) is 0 Å². The van der Waals surface area contributed by atoms with Crippen LogP contribution >= 0.6 is 11.3 Å². The summed E-state index contributed by atoms with van der Waals surface area (Å²) in [5.41, 5.74) is 7.43. The molecule has 3 atom stereocenters. The number of carboxylic acids is 1. The standard InChI is InChI=1S/C26H35N3O5S/c1-2-34-26(33)21(12-11-18-8-4-3-5-9-18)28-20(10-6-7-15-27)24(30)29-16-13-22-19(14-17-35-22)23(29)25(31)32/h3-5,8-9,14,17,20-21,23,28H,2,6-7,10-13,15-16,27H2,1H3,(H,31,32)/t20-,21-,23-/m0/s1. The number of fused-ring (bicyclic) bond motifs is 1. The van der Waals surface area contributed by atoms with Crippen molar-refractivity contribution in [3.63, 3.8) is 0 Å². The topological polar surface area (TPSA) is 122 Å². The highest BCUT2D eigenvalue weighted by Gasteiger charge is 2.40. The van der Waals surface area contributed by atoms with Crippen LogP contribution in [-0.4, -0.2) is 59.6 Å². The van der Waals surface area contributed by atoms with Crippen LogP contribution in [0.1, 0.15) is 54.7 Å². The Hall–Kier alpha value is -2.75. The summed E-state index contributed by atoms with van der Waals surface area (Å²) in [5.74, 6) is -1.77. The van der Waals surface area contributed by atoms with E-state index in [1.807, 2.05) is 35.7 Å². The van der Waals surface area contributed by atoms with Gasteiger partial charge in [0.2, 0.25) is 5.91 Å². The normalized spacial score (nSPS) is 16.9. The summed E-state index contributed by atoms with van der Waals surface area (Å²) in [5, 5.41) is 15.1. The molecule has 35 heavy (non-hydrogen) atoms.